The van der Waals surface area contributed by atoms with Crippen molar-refractivity contribution in [3.63, 3.8) is 0 Å². The summed E-state index contributed by atoms with van der Waals surface area (Å²) < 4.78 is 10.8. The molecule has 0 aliphatic rings. The Kier molecular flexibility index (Phi) is 3.21. The smallest absolute Gasteiger partial charge is 0.128 e. The number of fused-ring (bicyclic) bond motifs is 1. The molecule has 2 aromatic carbocycles. The van der Waals surface area contributed by atoms with E-state index in [4.69, 9.17) is 9.47 Å². The molecule has 4 heteroatoms. The highest BCUT2D eigenvalue weighted by Gasteiger charge is 2.05. The second-order valence-corrected chi connectivity index (χ2v) is 4.50. The van der Waals surface area contributed by atoms with E-state index in [9.17, 15) is 5.11 Å². The van der Waals surface area contributed by atoms with Crippen LogP contribution in [0, 0.1) is 0 Å². The van der Waals surface area contributed by atoms with Crippen LogP contribution in [0.15, 0.2) is 48.5 Å². The molecule has 2 N–H and O–H groups in total. The largest absolute Gasteiger partial charge is 0.507 e. The molecule has 20 heavy (non-hydrogen) atoms. The molecule has 0 spiro atoms. The molecule has 4 nitrogen and oxygen atoms in total. The number of H-pyrrole nitrogens is 1. The summed E-state index contributed by atoms with van der Waals surface area (Å²) in [6.07, 6.45) is 0. The zero-order valence-corrected chi connectivity index (χ0v) is 11.1. The van der Waals surface area contributed by atoms with E-state index >= 15 is 0 Å². The second-order valence-electron chi connectivity index (χ2n) is 4.50. The van der Waals surface area contributed by atoms with Gasteiger partial charge in [0.1, 0.15) is 23.9 Å². The van der Waals surface area contributed by atoms with E-state index in [2.05, 4.69) is 4.98 Å². The quantitative estimate of drug-likeness (QED) is 0.762. The zero-order valence-electron chi connectivity index (χ0n) is 11.1. The van der Waals surface area contributed by atoms with Crippen LogP contribution in [0.25, 0.3) is 10.9 Å². The third kappa shape index (κ3) is 2.40. The first kappa shape index (κ1) is 12.4. The lowest BCUT2D eigenvalue weighted by atomic mass is 10.2. The number of hydrogen-bond acceptors (Lipinski definition) is 3. The van der Waals surface area contributed by atoms with Crippen LogP contribution >= 0.6 is 0 Å². The summed E-state index contributed by atoms with van der Waals surface area (Å²) in [7, 11) is 1.63. The van der Waals surface area contributed by atoms with Gasteiger partial charge in [-0.25, -0.2) is 0 Å². The Balaban J connectivity index is 1.74. The summed E-state index contributed by atoms with van der Waals surface area (Å²) in [6, 6.07) is 14.7. The van der Waals surface area contributed by atoms with Crippen molar-refractivity contribution in [1.29, 1.82) is 0 Å². The Morgan fingerprint density at radius 3 is 2.50 bits per heavy atom. The van der Waals surface area contributed by atoms with E-state index in [0.29, 0.717) is 6.61 Å². The van der Waals surface area contributed by atoms with E-state index in [0.717, 1.165) is 28.1 Å². The standard InChI is InChI=1S/C16H15NO3/c1-19-12-5-7-13(8-6-12)20-10-11-9-14-15(17-11)3-2-4-16(14)18/h2-9,17-18H,10H2,1H3. The minimum atomic E-state index is 0.273. The number of methoxy groups -OCH3 is 1. The molecule has 0 unspecified atom stereocenters. The molecule has 1 aromatic heterocycles. The minimum absolute atomic E-state index is 0.273. The van der Waals surface area contributed by atoms with Crippen molar-refractivity contribution in [2.45, 2.75) is 6.61 Å². The number of phenols is 1. The van der Waals surface area contributed by atoms with Gasteiger partial charge in [0.05, 0.1) is 12.8 Å². The first-order valence-corrected chi connectivity index (χ1v) is 6.33. The highest BCUT2D eigenvalue weighted by molar-refractivity contribution is 5.86. The number of hydrogen-bond donors (Lipinski definition) is 2. The first-order chi connectivity index (χ1) is 9.76. The molecule has 3 rings (SSSR count). The van der Waals surface area contributed by atoms with E-state index in [1.807, 2.05) is 42.5 Å². The lowest BCUT2D eigenvalue weighted by Crippen LogP contribution is -1.95. The molecule has 102 valence electrons. The number of aromatic hydroxyl groups is 1. The molecular formula is C16H15NO3. The Hall–Kier alpha value is -2.62. The van der Waals surface area contributed by atoms with Crippen LogP contribution < -0.4 is 9.47 Å². The molecule has 0 radical (unpaired) electrons. The van der Waals surface area contributed by atoms with Crippen molar-refractivity contribution in [3.05, 3.63) is 54.2 Å². The van der Waals surface area contributed by atoms with Gasteiger partial charge in [-0.3, -0.25) is 0 Å². The summed E-state index contributed by atoms with van der Waals surface area (Å²) >= 11 is 0. The van der Waals surface area contributed by atoms with E-state index in [1.54, 1.807) is 13.2 Å². The number of benzene rings is 2. The van der Waals surface area contributed by atoms with Crippen LogP contribution in [-0.4, -0.2) is 17.2 Å². The number of nitrogens with one attached hydrogen (secondary N) is 1. The summed E-state index contributed by atoms with van der Waals surface area (Å²) in [5, 5.41) is 10.6. The lowest BCUT2D eigenvalue weighted by Gasteiger charge is -2.05. The van der Waals surface area contributed by atoms with Crippen LogP contribution in [-0.2, 0) is 6.61 Å². The van der Waals surface area contributed by atoms with Crippen molar-refractivity contribution in [1.82, 2.24) is 4.98 Å². The molecule has 0 fully saturated rings. The summed E-state index contributed by atoms with van der Waals surface area (Å²) in [5.74, 6) is 1.84. The molecule has 3 aromatic rings. The van der Waals surface area contributed by atoms with Crippen LogP contribution in [0.3, 0.4) is 0 Å². The number of rotatable bonds is 4. The zero-order chi connectivity index (χ0) is 13.9. The fraction of sp³-hybridized carbons (Fsp3) is 0.125. The van der Waals surface area contributed by atoms with Crippen LogP contribution in [0.2, 0.25) is 0 Å². The van der Waals surface area contributed by atoms with Gasteiger partial charge in [0, 0.05) is 10.9 Å². The van der Waals surface area contributed by atoms with Gasteiger partial charge < -0.3 is 19.6 Å². The predicted octanol–water partition coefficient (Wildman–Crippen LogP) is 3.46. The molecular weight excluding hydrogens is 254 g/mol. The highest BCUT2D eigenvalue weighted by atomic mass is 16.5. The van der Waals surface area contributed by atoms with Gasteiger partial charge in [-0.05, 0) is 42.5 Å². The fourth-order valence-electron chi connectivity index (χ4n) is 2.11. The average Bonchev–Trinajstić information content (AvgIpc) is 2.90. The monoisotopic (exact) mass is 269 g/mol. The number of aromatic amines is 1. The maximum Gasteiger partial charge on any atom is 0.128 e. The van der Waals surface area contributed by atoms with Gasteiger partial charge in [0.25, 0.3) is 0 Å². The van der Waals surface area contributed by atoms with Crippen molar-refractivity contribution in [2.75, 3.05) is 7.11 Å². The number of phenolic OH excluding ortho intramolecular Hbond substituents is 1. The van der Waals surface area contributed by atoms with Crippen molar-refractivity contribution >= 4 is 10.9 Å². The van der Waals surface area contributed by atoms with Crippen molar-refractivity contribution in [3.8, 4) is 17.2 Å². The Morgan fingerprint density at radius 1 is 1.05 bits per heavy atom. The van der Waals surface area contributed by atoms with Crippen LogP contribution in [0.5, 0.6) is 17.2 Å². The fourth-order valence-corrected chi connectivity index (χ4v) is 2.11. The maximum atomic E-state index is 9.75. The average molecular weight is 269 g/mol. The van der Waals surface area contributed by atoms with Crippen molar-refractivity contribution < 1.29 is 14.6 Å². The van der Waals surface area contributed by atoms with E-state index in [1.165, 1.54) is 0 Å². The van der Waals surface area contributed by atoms with Gasteiger partial charge in [-0.15, -0.1) is 0 Å². The van der Waals surface area contributed by atoms with Gasteiger partial charge in [0.15, 0.2) is 0 Å². The van der Waals surface area contributed by atoms with Gasteiger partial charge in [-0.1, -0.05) is 6.07 Å². The third-order valence-electron chi connectivity index (χ3n) is 3.15. The van der Waals surface area contributed by atoms with Gasteiger partial charge in [-0.2, -0.15) is 0 Å². The first-order valence-electron chi connectivity index (χ1n) is 6.33. The second kappa shape index (κ2) is 5.17. The van der Waals surface area contributed by atoms with Crippen LogP contribution in [0.1, 0.15) is 5.69 Å². The lowest BCUT2D eigenvalue weighted by molar-refractivity contribution is 0.301. The van der Waals surface area contributed by atoms with Gasteiger partial charge >= 0.3 is 0 Å². The summed E-state index contributed by atoms with van der Waals surface area (Å²) in [4.78, 5) is 3.22. The molecule has 0 aliphatic heterocycles. The van der Waals surface area contributed by atoms with Crippen molar-refractivity contribution in [2.24, 2.45) is 0 Å². The van der Waals surface area contributed by atoms with E-state index in [-0.39, 0.29) is 5.75 Å². The topological polar surface area (TPSA) is 54.5 Å². The van der Waals surface area contributed by atoms with Gasteiger partial charge in [0.2, 0.25) is 0 Å². The molecule has 0 saturated heterocycles. The molecule has 0 aliphatic carbocycles. The Morgan fingerprint density at radius 2 is 1.80 bits per heavy atom. The molecule has 0 saturated carbocycles. The normalized spacial score (nSPS) is 10.7. The highest BCUT2D eigenvalue weighted by Crippen LogP contribution is 2.25. The Bertz CT molecular complexity index is 716. The SMILES string of the molecule is COc1ccc(OCc2cc3c(O)cccc3[nH]2)cc1. The predicted molar refractivity (Wildman–Crippen MR) is 77.3 cm³/mol. The molecule has 1 heterocycles. The molecule has 0 atom stereocenters. The third-order valence-corrected chi connectivity index (χ3v) is 3.15. The minimum Gasteiger partial charge on any atom is -0.507 e. The molecule has 0 bridgehead atoms. The number of ether oxygens (including phenoxy) is 2. The summed E-state index contributed by atoms with van der Waals surface area (Å²) in [5.41, 5.74) is 1.82. The summed E-state index contributed by atoms with van der Waals surface area (Å²) in [6.45, 7) is 0.417. The van der Waals surface area contributed by atoms with Crippen LogP contribution in [0.4, 0.5) is 0 Å². The van der Waals surface area contributed by atoms with E-state index < -0.39 is 0 Å². The number of aromatic nitrogens is 1. The molecule has 0 amide bonds. The maximum absolute atomic E-state index is 9.75. The Labute approximate surface area is 116 Å².